The highest BCUT2D eigenvalue weighted by atomic mass is 35.5. The van der Waals surface area contributed by atoms with E-state index in [0.717, 1.165) is 104 Å². The van der Waals surface area contributed by atoms with Crippen LogP contribution >= 0.6 is 11.6 Å². The Balaban J connectivity index is 0.000000338. The molecule has 1 saturated heterocycles. The second-order valence-corrected chi connectivity index (χ2v) is 24.5. The zero-order valence-electron chi connectivity index (χ0n) is 52.9. The van der Waals surface area contributed by atoms with Crippen molar-refractivity contribution in [3.8, 4) is 11.1 Å². The summed E-state index contributed by atoms with van der Waals surface area (Å²) in [6.45, 7) is 24.6. The summed E-state index contributed by atoms with van der Waals surface area (Å²) in [4.78, 5) is 53.6. The van der Waals surface area contributed by atoms with Gasteiger partial charge in [-0.05, 0) is 198 Å². The van der Waals surface area contributed by atoms with E-state index in [4.69, 9.17) is 33.6 Å². The molecule has 0 spiro atoms. The van der Waals surface area contributed by atoms with Crippen LogP contribution < -0.4 is 27.4 Å². The third-order valence-electron chi connectivity index (χ3n) is 15.5. The van der Waals surface area contributed by atoms with Gasteiger partial charge >= 0.3 is 0 Å². The van der Waals surface area contributed by atoms with Gasteiger partial charge in [0.25, 0.3) is 5.91 Å². The molecule has 1 aliphatic carbocycles. The number of likely N-dealkylation sites (tertiary alicyclic amines) is 1. The Hall–Kier alpha value is -6.04. The number of aryl methyl sites for hydroxylation is 2. The molecule has 11 nitrogen and oxygen atoms in total. The first-order valence-corrected chi connectivity index (χ1v) is 31.5. The third-order valence-corrected chi connectivity index (χ3v) is 15.8. The van der Waals surface area contributed by atoms with E-state index in [0.29, 0.717) is 17.9 Å². The largest absolute Gasteiger partial charge is 0.402 e. The van der Waals surface area contributed by atoms with Crippen LogP contribution in [-0.2, 0) is 27.2 Å². The predicted molar refractivity (Wildman–Crippen MR) is 354 cm³/mol. The minimum Gasteiger partial charge on any atom is -0.402 e. The molecule has 2 heterocycles. The number of hydrogen-bond acceptors (Lipinski definition) is 8. The molecule has 2 fully saturated rings. The lowest BCUT2D eigenvalue weighted by atomic mass is 9.89. The highest BCUT2D eigenvalue weighted by molar-refractivity contribution is 6.30. The number of anilines is 2. The Labute approximate surface area is 506 Å². The summed E-state index contributed by atoms with van der Waals surface area (Å²) >= 11 is 5.56. The predicted octanol–water partition coefficient (Wildman–Crippen LogP) is 16.7. The van der Waals surface area contributed by atoms with Crippen molar-refractivity contribution in [3.05, 3.63) is 135 Å². The summed E-state index contributed by atoms with van der Waals surface area (Å²) in [7, 11) is 0. The molecule has 12 heteroatoms. The van der Waals surface area contributed by atoms with Crippen LogP contribution in [0.1, 0.15) is 219 Å². The maximum Gasteiger partial charge on any atom is 0.251 e. The average Bonchev–Trinajstić information content (AvgIpc) is 4.09. The first-order valence-electron chi connectivity index (χ1n) is 31.1. The number of carbonyl (C=O) groups is 4. The Morgan fingerprint density at radius 3 is 1.92 bits per heavy atom. The van der Waals surface area contributed by atoms with Gasteiger partial charge < -0.3 is 37.1 Å². The van der Waals surface area contributed by atoms with Gasteiger partial charge in [-0.15, -0.1) is 0 Å². The lowest BCUT2D eigenvalue weighted by molar-refractivity contribution is -0.132. The minimum absolute atomic E-state index is 0.00535. The number of nitrogen functional groups attached to an aromatic ring is 1. The highest BCUT2D eigenvalue weighted by Gasteiger charge is 2.28. The number of nitrogens with two attached hydrogens (primary N) is 3. The fraction of sp³-hybridized carbons (Fsp3) is 0.535. The number of benzene rings is 4. The van der Waals surface area contributed by atoms with Gasteiger partial charge in [0, 0.05) is 84.6 Å². The zero-order chi connectivity index (χ0) is 61.3. The van der Waals surface area contributed by atoms with Crippen molar-refractivity contribution in [1.82, 2.24) is 10.2 Å². The van der Waals surface area contributed by atoms with Gasteiger partial charge in [0.05, 0.1) is 0 Å². The zero-order valence-corrected chi connectivity index (χ0v) is 53.7. The van der Waals surface area contributed by atoms with Gasteiger partial charge in [-0.25, -0.2) is 0 Å². The smallest absolute Gasteiger partial charge is 0.251 e. The molecule has 7 rings (SSSR count). The van der Waals surface area contributed by atoms with E-state index in [2.05, 4.69) is 121 Å². The fourth-order valence-electron chi connectivity index (χ4n) is 9.88. The Morgan fingerprint density at radius 2 is 1.39 bits per heavy atom. The van der Waals surface area contributed by atoms with E-state index in [1.54, 1.807) is 31.2 Å². The van der Waals surface area contributed by atoms with Gasteiger partial charge in [0.1, 0.15) is 6.29 Å². The van der Waals surface area contributed by atoms with Crippen LogP contribution in [0.5, 0.6) is 0 Å². The molecule has 3 atom stereocenters. The maximum atomic E-state index is 12.6. The number of aldehydes is 1. The lowest BCUT2D eigenvalue weighted by Gasteiger charge is -2.34. The quantitative estimate of drug-likeness (QED) is 0.0278. The molecule has 7 N–H and O–H groups in total. The summed E-state index contributed by atoms with van der Waals surface area (Å²) < 4.78 is 0. The highest BCUT2D eigenvalue weighted by Crippen LogP contribution is 2.35. The van der Waals surface area contributed by atoms with Crippen LogP contribution in [0.25, 0.3) is 16.7 Å². The molecule has 0 radical (unpaired) electrons. The van der Waals surface area contributed by atoms with Crippen LogP contribution in [0, 0.1) is 11.3 Å². The van der Waals surface area contributed by atoms with Crippen LogP contribution in [0.3, 0.4) is 0 Å². The molecule has 2 aliphatic heterocycles. The number of halogens is 1. The van der Waals surface area contributed by atoms with Crippen LogP contribution in [-0.4, -0.2) is 66.8 Å². The number of unbranched alkanes of at least 4 members (excludes halogenated alkanes) is 8. The van der Waals surface area contributed by atoms with Gasteiger partial charge in [-0.2, -0.15) is 0 Å². The number of fused-ring (bicyclic) bond motifs is 1. The van der Waals surface area contributed by atoms with Crippen molar-refractivity contribution >= 4 is 58.8 Å². The van der Waals surface area contributed by atoms with Crippen molar-refractivity contribution < 1.29 is 19.2 Å². The molecule has 3 amide bonds. The Kier molecular flexibility index (Phi) is 33.2. The van der Waals surface area contributed by atoms with E-state index >= 15 is 0 Å². The van der Waals surface area contributed by atoms with Crippen molar-refractivity contribution in [2.75, 3.05) is 30.3 Å². The minimum atomic E-state index is -0.00535. The van der Waals surface area contributed by atoms with E-state index in [-0.39, 0.29) is 35.2 Å². The third kappa shape index (κ3) is 27.5. The molecule has 3 aliphatic rings. The van der Waals surface area contributed by atoms with E-state index in [1.807, 2.05) is 34.1 Å². The first kappa shape index (κ1) is 71.2. The summed E-state index contributed by atoms with van der Waals surface area (Å²) in [6, 6.07) is 30.6. The second kappa shape index (κ2) is 38.7. The summed E-state index contributed by atoms with van der Waals surface area (Å²) in [5.41, 5.74) is 31.0. The molecule has 83 heavy (non-hydrogen) atoms. The van der Waals surface area contributed by atoms with Crippen molar-refractivity contribution in [2.45, 2.75) is 217 Å². The lowest BCUT2D eigenvalue weighted by Crippen LogP contribution is -2.40. The monoisotopic (exact) mass is 1160 g/mol. The van der Waals surface area contributed by atoms with Gasteiger partial charge in [-0.1, -0.05) is 146 Å². The number of allylic oxidation sites excluding steroid dienone is 4. The van der Waals surface area contributed by atoms with Crippen LogP contribution in [0.15, 0.2) is 113 Å². The van der Waals surface area contributed by atoms with E-state index < -0.39 is 0 Å². The Morgan fingerprint density at radius 1 is 0.795 bits per heavy atom. The SMILES string of the molecule is CC(=O)N1c2ccc(-c3ccc(C(=O)NCCCCCCCCCCC(N)=C4CCC4)cc3)cc2CC[C@@H]1C.CC(C)(C)CC(=O)N1CCC(N)C1.CC=O.CCCCc1ccc(/C(C)=C(\C)N=CC(C)CC)cc1.Nc1ccc(Cl)cc1. The first-order chi connectivity index (χ1) is 39.6. The number of nitrogens with zero attached hydrogens (tertiary/aromatic N) is 3. The van der Waals surface area contributed by atoms with Crippen molar-refractivity contribution in [1.29, 1.82) is 0 Å². The normalized spacial score (nSPS) is 15.9. The fourth-order valence-corrected chi connectivity index (χ4v) is 10.0. The Bertz CT molecular complexity index is 2630. The van der Waals surface area contributed by atoms with E-state index in [9.17, 15) is 14.4 Å². The molecule has 0 aromatic heterocycles. The van der Waals surface area contributed by atoms with Crippen molar-refractivity contribution in [3.63, 3.8) is 0 Å². The molecule has 0 bridgehead atoms. The number of rotatable bonds is 21. The van der Waals surface area contributed by atoms with Crippen LogP contribution in [0.4, 0.5) is 11.4 Å². The van der Waals surface area contributed by atoms with Gasteiger partial charge in [-0.3, -0.25) is 19.4 Å². The summed E-state index contributed by atoms with van der Waals surface area (Å²) in [5, 5.41) is 3.80. The molecule has 456 valence electrons. The van der Waals surface area contributed by atoms with Gasteiger partial charge in [0.15, 0.2) is 0 Å². The number of amides is 3. The average molecular weight is 1160 g/mol. The number of nitrogens with one attached hydrogen (secondary N) is 1. The molecule has 2 unspecified atom stereocenters. The van der Waals surface area contributed by atoms with Crippen molar-refractivity contribution in [2.24, 2.45) is 27.8 Å². The molecular weight excluding hydrogens is 1050 g/mol. The molecule has 4 aromatic rings. The molecule has 1 saturated carbocycles. The molecular formula is C71H106ClN7O4. The number of hydrogen-bond donors (Lipinski definition) is 4. The van der Waals surface area contributed by atoms with E-state index in [1.165, 1.54) is 118 Å². The van der Waals surface area contributed by atoms with Crippen LogP contribution in [0.2, 0.25) is 5.02 Å². The second-order valence-electron chi connectivity index (χ2n) is 24.1. The number of carbonyl (C=O) groups excluding carboxylic acids is 4. The molecule has 4 aromatic carbocycles. The summed E-state index contributed by atoms with van der Waals surface area (Å²) in [5.74, 6) is 0.889. The maximum absolute atomic E-state index is 12.6. The topological polar surface area (TPSA) is 177 Å². The summed E-state index contributed by atoms with van der Waals surface area (Å²) in [6.07, 6.45) is 25.9. The number of aliphatic imine (C=N–C) groups is 1. The van der Waals surface area contributed by atoms with Gasteiger partial charge in [0.2, 0.25) is 11.8 Å². The standard InChI is InChI=1S/C34H47N3O2.C19H29N.C10H20N2O.C6H6ClN.C2H4O/c1-25-15-16-31-24-30(21-22-33(31)37(25)26(2)38)27-17-19-29(20-18-27)34(39)36-23-10-8-6-4-3-5-7-9-14-32(35)28-12-11-13-28;1-6-8-9-18-10-12-19(13-11-18)16(4)17(5)20-14-15(3)7-2;1-10(2,3)6-9(13)12-5-4-8(11)7-12;7-5-1-3-6(8)4-2-5;1-2-3/h17-22,24-25H,3-16,23,35H2,1-2H3,(H,36,39);10-15H,6-9H2,1-5H3;8H,4-7,11H2,1-3H3;1-4H,8H2;2H,1H3/b;17-16+,20-14?;;;/t25-;;;;/m0..../s1.